The van der Waals surface area contributed by atoms with E-state index in [9.17, 15) is 9.59 Å². The summed E-state index contributed by atoms with van der Waals surface area (Å²) in [5.41, 5.74) is 1.19. The second kappa shape index (κ2) is 8.26. The van der Waals surface area contributed by atoms with E-state index in [2.05, 4.69) is 0 Å². The van der Waals surface area contributed by atoms with Crippen molar-refractivity contribution in [2.24, 2.45) is 0 Å². The van der Waals surface area contributed by atoms with Crippen LogP contribution in [0.5, 0.6) is 0 Å². The maximum Gasteiger partial charge on any atom is 0.255 e. The van der Waals surface area contributed by atoms with E-state index >= 15 is 0 Å². The van der Waals surface area contributed by atoms with Gasteiger partial charge in [0.25, 0.3) is 11.8 Å². The Hall–Kier alpha value is -2.66. The molecule has 0 aliphatic heterocycles. The Morgan fingerprint density at radius 2 is 1.33 bits per heavy atom. The SMILES string of the molecule is COC(CN(C)C(=O)c1ccccc1)N(C)C(=O)c1ccccc1. The summed E-state index contributed by atoms with van der Waals surface area (Å²) in [5.74, 6) is -0.263. The molecule has 0 heterocycles. The summed E-state index contributed by atoms with van der Waals surface area (Å²) >= 11 is 0. The van der Waals surface area contributed by atoms with Crippen molar-refractivity contribution in [3.63, 3.8) is 0 Å². The molecular weight excluding hydrogens is 304 g/mol. The molecule has 0 radical (unpaired) electrons. The quantitative estimate of drug-likeness (QED) is 0.767. The van der Waals surface area contributed by atoms with E-state index in [0.29, 0.717) is 11.1 Å². The van der Waals surface area contributed by atoms with Crippen LogP contribution in [-0.4, -0.2) is 55.6 Å². The number of carbonyl (C=O) groups is 2. The number of rotatable bonds is 6. The average Bonchev–Trinajstić information content (AvgIpc) is 2.65. The number of nitrogens with zero attached hydrogens (tertiary/aromatic N) is 2. The maximum absolute atomic E-state index is 12.5. The molecule has 0 aliphatic rings. The average molecular weight is 326 g/mol. The van der Waals surface area contributed by atoms with Gasteiger partial charge in [-0.05, 0) is 24.3 Å². The zero-order valence-electron chi connectivity index (χ0n) is 14.2. The van der Waals surface area contributed by atoms with E-state index in [4.69, 9.17) is 4.74 Å². The summed E-state index contributed by atoms with van der Waals surface area (Å²) in [6.45, 7) is 0.277. The molecule has 0 N–H and O–H groups in total. The molecule has 1 atom stereocenters. The van der Waals surface area contributed by atoms with Gasteiger partial charge >= 0.3 is 0 Å². The standard InChI is InChI=1S/C19H22N2O3/c1-20(18(22)15-10-6-4-7-11-15)14-17(24-3)21(2)19(23)16-12-8-5-9-13-16/h4-13,17H,14H2,1-3H3. The van der Waals surface area contributed by atoms with Crippen LogP contribution < -0.4 is 0 Å². The highest BCUT2D eigenvalue weighted by molar-refractivity contribution is 5.95. The highest BCUT2D eigenvalue weighted by atomic mass is 16.5. The lowest BCUT2D eigenvalue weighted by atomic mass is 10.2. The summed E-state index contributed by atoms with van der Waals surface area (Å²) in [6.07, 6.45) is -0.532. The molecule has 2 aromatic rings. The van der Waals surface area contributed by atoms with Crippen LogP contribution in [0.2, 0.25) is 0 Å². The number of hydrogen-bond donors (Lipinski definition) is 0. The number of hydrogen-bond acceptors (Lipinski definition) is 3. The summed E-state index contributed by atoms with van der Waals surface area (Å²) < 4.78 is 5.42. The van der Waals surface area contributed by atoms with Gasteiger partial charge in [0.1, 0.15) is 6.23 Å². The van der Waals surface area contributed by atoms with Crippen molar-refractivity contribution in [1.29, 1.82) is 0 Å². The molecule has 0 aromatic heterocycles. The minimum Gasteiger partial charge on any atom is -0.360 e. The van der Waals surface area contributed by atoms with Crippen molar-refractivity contribution in [3.8, 4) is 0 Å². The number of carbonyl (C=O) groups excluding carboxylic acids is 2. The number of methoxy groups -OCH3 is 1. The normalized spacial score (nSPS) is 11.6. The van der Waals surface area contributed by atoms with Gasteiger partial charge in [-0.3, -0.25) is 9.59 Å². The van der Waals surface area contributed by atoms with Crippen molar-refractivity contribution in [2.75, 3.05) is 27.7 Å². The van der Waals surface area contributed by atoms with E-state index in [1.807, 2.05) is 36.4 Å². The molecule has 24 heavy (non-hydrogen) atoms. The Kier molecular flexibility index (Phi) is 6.09. The van der Waals surface area contributed by atoms with Gasteiger partial charge in [0.15, 0.2) is 0 Å². The van der Waals surface area contributed by atoms with E-state index in [1.54, 1.807) is 43.3 Å². The zero-order valence-corrected chi connectivity index (χ0v) is 14.2. The lowest BCUT2D eigenvalue weighted by Gasteiger charge is -2.30. The van der Waals surface area contributed by atoms with Gasteiger partial charge in [-0.15, -0.1) is 0 Å². The summed E-state index contributed by atoms with van der Waals surface area (Å²) in [4.78, 5) is 28.0. The first-order valence-electron chi connectivity index (χ1n) is 7.70. The third kappa shape index (κ3) is 4.20. The molecule has 2 amide bonds. The molecule has 0 saturated heterocycles. The Labute approximate surface area is 142 Å². The van der Waals surface area contributed by atoms with E-state index in [-0.39, 0.29) is 18.4 Å². The lowest BCUT2D eigenvalue weighted by molar-refractivity contribution is -0.0223. The van der Waals surface area contributed by atoms with Crippen LogP contribution in [0.25, 0.3) is 0 Å². The molecule has 2 aromatic carbocycles. The number of likely N-dealkylation sites (N-methyl/N-ethyl adjacent to an activating group) is 2. The molecule has 0 fully saturated rings. The van der Waals surface area contributed by atoms with Gasteiger partial charge in [-0.25, -0.2) is 0 Å². The Bertz CT molecular complexity index is 674. The molecule has 0 saturated carbocycles. The number of ether oxygens (including phenoxy) is 1. The van der Waals surface area contributed by atoms with Crippen molar-refractivity contribution >= 4 is 11.8 Å². The van der Waals surface area contributed by atoms with Gasteiger partial charge in [-0.1, -0.05) is 36.4 Å². The highest BCUT2D eigenvalue weighted by Gasteiger charge is 2.24. The van der Waals surface area contributed by atoms with Crippen LogP contribution >= 0.6 is 0 Å². The molecule has 5 heteroatoms. The minimum atomic E-state index is -0.532. The van der Waals surface area contributed by atoms with Crippen molar-refractivity contribution < 1.29 is 14.3 Å². The Balaban J connectivity index is 2.05. The number of benzene rings is 2. The third-order valence-corrected chi connectivity index (χ3v) is 3.84. The highest BCUT2D eigenvalue weighted by Crippen LogP contribution is 2.10. The predicted molar refractivity (Wildman–Crippen MR) is 92.7 cm³/mol. The molecular formula is C19H22N2O3. The monoisotopic (exact) mass is 326 g/mol. The van der Waals surface area contributed by atoms with Crippen LogP contribution in [0, 0.1) is 0 Å². The van der Waals surface area contributed by atoms with Gasteiger partial charge in [0.05, 0.1) is 6.54 Å². The van der Waals surface area contributed by atoms with Crippen molar-refractivity contribution in [3.05, 3.63) is 71.8 Å². The molecule has 0 spiro atoms. The first-order valence-corrected chi connectivity index (χ1v) is 7.70. The summed E-state index contributed by atoms with van der Waals surface area (Å²) in [7, 11) is 4.90. The van der Waals surface area contributed by atoms with Crippen LogP contribution in [0.3, 0.4) is 0 Å². The first-order chi connectivity index (χ1) is 11.5. The van der Waals surface area contributed by atoms with Crippen molar-refractivity contribution in [1.82, 2.24) is 9.80 Å². The Morgan fingerprint density at radius 3 is 1.79 bits per heavy atom. The van der Waals surface area contributed by atoms with Crippen LogP contribution in [0.4, 0.5) is 0 Å². The van der Waals surface area contributed by atoms with E-state index in [1.165, 1.54) is 12.0 Å². The zero-order chi connectivity index (χ0) is 17.5. The van der Waals surface area contributed by atoms with Crippen molar-refractivity contribution in [2.45, 2.75) is 6.23 Å². The second-order valence-corrected chi connectivity index (χ2v) is 5.52. The largest absolute Gasteiger partial charge is 0.360 e. The van der Waals surface area contributed by atoms with Gasteiger partial charge in [-0.2, -0.15) is 0 Å². The fourth-order valence-corrected chi connectivity index (χ4v) is 2.39. The van der Waals surface area contributed by atoms with Gasteiger partial charge < -0.3 is 14.5 Å². The van der Waals surface area contributed by atoms with E-state index in [0.717, 1.165) is 0 Å². The van der Waals surface area contributed by atoms with Crippen LogP contribution in [0.1, 0.15) is 20.7 Å². The minimum absolute atomic E-state index is 0.113. The lowest BCUT2D eigenvalue weighted by Crippen LogP contribution is -2.46. The van der Waals surface area contributed by atoms with E-state index < -0.39 is 6.23 Å². The van der Waals surface area contributed by atoms with Crippen LogP contribution in [-0.2, 0) is 4.74 Å². The molecule has 0 bridgehead atoms. The van der Waals surface area contributed by atoms with Crippen LogP contribution in [0.15, 0.2) is 60.7 Å². The maximum atomic E-state index is 12.5. The summed E-state index contributed by atoms with van der Waals surface area (Å²) in [6, 6.07) is 18.0. The summed E-state index contributed by atoms with van der Waals surface area (Å²) in [5, 5.41) is 0. The molecule has 0 aliphatic carbocycles. The fourth-order valence-electron chi connectivity index (χ4n) is 2.39. The smallest absolute Gasteiger partial charge is 0.255 e. The first kappa shape index (κ1) is 17.7. The third-order valence-electron chi connectivity index (χ3n) is 3.84. The predicted octanol–water partition coefficient (Wildman–Crippen LogP) is 2.50. The Morgan fingerprint density at radius 1 is 0.875 bits per heavy atom. The fraction of sp³-hybridized carbons (Fsp3) is 0.263. The molecule has 2 rings (SSSR count). The number of amides is 2. The molecule has 5 nitrogen and oxygen atoms in total. The van der Waals surface area contributed by atoms with Gasteiger partial charge in [0, 0.05) is 32.3 Å². The molecule has 126 valence electrons. The topological polar surface area (TPSA) is 49.9 Å². The second-order valence-electron chi connectivity index (χ2n) is 5.52. The van der Waals surface area contributed by atoms with Gasteiger partial charge in [0.2, 0.25) is 0 Å². The molecule has 1 unspecified atom stereocenters.